The zero-order valence-electron chi connectivity index (χ0n) is 40.8. The number of hydrogen-bond acceptors (Lipinski definition) is 12. The number of likely N-dealkylation sites (N-methyl/N-ethyl adjacent to an activating group) is 2. The molecular formula is C51H61FN6O12. The summed E-state index contributed by atoms with van der Waals surface area (Å²) in [6, 6.07) is 18.8. The van der Waals surface area contributed by atoms with Gasteiger partial charge in [0.25, 0.3) is 0 Å². The van der Waals surface area contributed by atoms with Gasteiger partial charge in [0.2, 0.25) is 29.5 Å². The molecule has 0 aliphatic carbocycles. The number of amides is 6. The summed E-state index contributed by atoms with van der Waals surface area (Å²) in [4.78, 5) is 97.9. The highest BCUT2D eigenvalue weighted by Crippen LogP contribution is 2.33. The highest BCUT2D eigenvalue weighted by Gasteiger charge is 2.36. The predicted octanol–water partition coefficient (Wildman–Crippen LogP) is 4.39. The van der Waals surface area contributed by atoms with Gasteiger partial charge in [-0.3, -0.25) is 24.0 Å². The average Bonchev–Trinajstić information content (AvgIpc) is 3.32. The lowest BCUT2D eigenvalue weighted by Gasteiger charge is -2.33. The van der Waals surface area contributed by atoms with Crippen LogP contribution in [0.3, 0.4) is 0 Å². The minimum atomic E-state index is -1.37. The second-order valence-electron chi connectivity index (χ2n) is 17.8. The number of alkyl carbamates (subject to hydrolysis) is 1. The van der Waals surface area contributed by atoms with Gasteiger partial charge in [-0.05, 0) is 93.3 Å². The highest BCUT2D eigenvalue weighted by molar-refractivity contribution is 5.96. The average molecular weight is 969 g/mol. The number of methoxy groups -OCH3 is 2. The van der Waals surface area contributed by atoms with E-state index in [-0.39, 0.29) is 31.6 Å². The third-order valence-electron chi connectivity index (χ3n) is 11.3. The van der Waals surface area contributed by atoms with E-state index in [0.717, 1.165) is 16.5 Å². The molecule has 5 atom stereocenters. The summed E-state index contributed by atoms with van der Waals surface area (Å²) in [7, 11) is 5.50. The number of hydrogen-bond donors (Lipinski definition) is 4. The van der Waals surface area contributed by atoms with Crippen LogP contribution in [-0.4, -0.2) is 122 Å². The number of halogens is 1. The minimum absolute atomic E-state index is 0.0223. The summed E-state index contributed by atoms with van der Waals surface area (Å²) in [6.45, 7) is 7.11. The van der Waals surface area contributed by atoms with E-state index in [9.17, 15) is 38.0 Å². The van der Waals surface area contributed by atoms with Crippen molar-refractivity contribution < 1.29 is 61.6 Å². The fraction of sp³-hybridized carbons (Fsp3) is 0.392. The van der Waals surface area contributed by atoms with Crippen molar-refractivity contribution >= 4 is 41.6 Å². The van der Waals surface area contributed by atoms with Crippen LogP contribution in [0, 0.1) is 5.82 Å². The molecule has 2 aliphatic rings. The van der Waals surface area contributed by atoms with Gasteiger partial charge >= 0.3 is 12.1 Å². The van der Waals surface area contributed by atoms with Crippen LogP contribution < -0.4 is 35.5 Å². The Labute approximate surface area is 406 Å². The van der Waals surface area contributed by atoms with Gasteiger partial charge in [-0.1, -0.05) is 54.6 Å². The topological polar surface area (TPSA) is 220 Å². The van der Waals surface area contributed by atoms with Crippen molar-refractivity contribution in [1.29, 1.82) is 0 Å². The van der Waals surface area contributed by atoms with Gasteiger partial charge in [0.1, 0.15) is 48.2 Å². The van der Waals surface area contributed by atoms with Crippen molar-refractivity contribution in [3.63, 3.8) is 0 Å². The summed E-state index contributed by atoms with van der Waals surface area (Å²) in [5.41, 5.74) is 1.43. The second kappa shape index (κ2) is 24.0. The number of carbonyl (C=O) groups excluding carboxylic acids is 7. The van der Waals surface area contributed by atoms with Gasteiger partial charge in [-0.2, -0.15) is 0 Å². The maximum Gasteiger partial charge on any atom is 0.408 e. The van der Waals surface area contributed by atoms with Crippen LogP contribution in [0.2, 0.25) is 0 Å². The van der Waals surface area contributed by atoms with Crippen molar-refractivity contribution in [3.8, 4) is 23.0 Å². The Hall–Kier alpha value is -7.70. The summed E-state index contributed by atoms with van der Waals surface area (Å²) in [6.07, 6.45) is -1.14. The van der Waals surface area contributed by atoms with Crippen LogP contribution in [0.1, 0.15) is 56.9 Å². The first-order valence-electron chi connectivity index (χ1n) is 22.5. The quantitative estimate of drug-likeness (QED) is 0.115. The molecule has 70 heavy (non-hydrogen) atoms. The SMILES string of the molecule is COc1ccc(C[C@@H](C(=O)N[C@@H](C)C(=O)N(C)[C@H]2Cc3ccc(cc3)Oc3cc(ccc3OC)C[C@@H](C(=O)OCc3ccccc3)NC2=O)N(C)C(=O)CNC(=O)[C@@H](C)NC(=O)OC(C)(C)C)cc1F. The van der Waals surface area contributed by atoms with E-state index in [1.54, 1.807) is 87.5 Å². The van der Waals surface area contributed by atoms with E-state index in [4.69, 9.17) is 23.7 Å². The maximum atomic E-state index is 14.9. The molecular weight excluding hydrogens is 908 g/mol. The molecule has 0 fully saturated rings. The zero-order chi connectivity index (χ0) is 51.3. The van der Waals surface area contributed by atoms with E-state index >= 15 is 0 Å². The molecule has 0 spiro atoms. The Morgan fingerprint density at radius 2 is 1.46 bits per heavy atom. The summed E-state index contributed by atoms with van der Waals surface area (Å²) in [5.74, 6) is -3.90. The number of nitrogens with one attached hydrogen (secondary N) is 4. The molecule has 6 rings (SSSR count). The molecule has 0 saturated heterocycles. The minimum Gasteiger partial charge on any atom is -0.494 e. The van der Waals surface area contributed by atoms with Crippen LogP contribution in [0.4, 0.5) is 9.18 Å². The molecule has 2 heterocycles. The number of carbonyl (C=O) groups is 7. The van der Waals surface area contributed by atoms with Gasteiger partial charge < -0.3 is 54.8 Å². The van der Waals surface area contributed by atoms with Crippen molar-refractivity contribution in [2.75, 3.05) is 34.9 Å². The molecule has 0 unspecified atom stereocenters. The lowest BCUT2D eigenvalue weighted by atomic mass is 10.0. The van der Waals surface area contributed by atoms with Crippen LogP contribution in [0.5, 0.6) is 23.0 Å². The lowest BCUT2D eigenvalue weighted by Crippen LogP contribution is -2.59. The van der Waals surface area contributed by atoms with E-state index in [2.05, 4.69) is 21.3 Å². The first-order chi connectivity index (χ1) is 33.2. The zero-order valence-corrected chi connectivity index (χ0v) is 40.8. The second-order valence-corrected chi connectivity index (χ2v) is 17.8. The van der Waals surface area contributed by atoms with E-state index in [0.29, 0.717) is 33.9 Å². The van der Waals surface area contributed by atoms with Crippen molar-refractivity contribution in [1.82, 2.24) is 31.1 Å². The maximum absolute atomic E-state index is 14.9. The number of ether oxygens (including phenoxy) is 5. The fourth-order valence-corrected chi connectivity index (χ4v) is 7.36. The third kappa shape index (κ3) is 14.9. The van der Waals surface area contributed by atoms with Crippen LogP contribution in [-0.2, 0) is 64.1 Å². The lowest BCUT2D eigenvalue weighted by molar-refractivity contribution is -0.150. The van der Waals surface area contributed by atoms with Gasteiger partial charge in [-0.15, -0.1) is 0 Å². The summed E-state index contributed by atoms with van der Waals surface area (Å²) < 4.78 is 42.6. The first kappa shape index (κ1) is 53.3. The molecule has 2 aliphatic heterocycles. The highest BCUT2D eigenvalue weighted by atomic mass is 19.1. The van der Waals surface area contributed by atoms with Gasteiger partial charge in [0, 0.05) is 33.4 Å². The number of rotatable bonds is 16. The van der Waals surface area contributed by atoms with Crippen molar-refractivity contribution in [3.05, 3.63) is 119 Å². The number of fused-ring (bicyclic) bond motifs is 7. The van der Waals surface area contributed by atoms with Gasteiger partial charge in [-0.25, -0.2) is 14.0 Å². The Kier molecular flexibility index (Phi) is 18.3. The number of esters is 1. The number of benzene rings is 4. The molecule has 4 aromatic carbocycles. The third-order valence-corrected chi connectivity index (χ3v) is 11.3. The van der Waals surface area contributed by atoms with Crippen molar-refractivity contribution in [2.24, 2.45) is 0 Å². The Bertz CT molecular complexity index is 2520. The van der Waals surface area contributed by atoms with Crippen molar-refractivity contribution in [2.45, 2.75) is 96.3 Å². The van der Waals surface area contributed by atoms with Crippen LogP contribution in [0.15, 0.2) is 91.0 Å². The monoisotopic (exact) mass is 968 g/mol. The first-order valence-corrected chi connectivity index (χ1v) is 22.5. The standard InChI is InChI=1S/C51H61FN6O12/c1-30(55-50(65)70-51(3,4)5)45(60)53-28-44(59)57(6)39(26-34-17-21-41(66-8)37(52)23-34)46(61)54-31(2)48(63)58(7)40-25-32-15-19-36(20-16-32)69-43-27-35(18-22-42(43)67-9)24-38(56-47(40)62)49(64)68-29-33-13-11-10-12-14-33/h10-23,27,30-31,38-40H,24-26,28-29H2,1-9H3,(H,53,60)(H,54,61)(H,55,65)(H,56,62)/t30-,31+,38+,39+,40+/m1/s1. The Morgan fingerprint density at radius 3 is 2.10 bits per heavy atom. The largest absolute Gasteiger partial charge is 0.494 e. The summed E-state index contributed by atoms with van der Waals surface area (Å²) in [5, 5.41) is 10.3. The van der Waals surface area contributed by atoms with Crippen LogP contribution in [0.25, 0.3) is 0 Å². The molecule has 4 aromatic rings. The molecule has 0 radical (unpaired) electrons. The normalized spacial score (nSPS) is 15.8. The molecule has 0 saturated carbocycles. The van der Waals surface area contributed by atoms with E-state index < -0.39 is 89.8 Å². The molecule has 0 aromatic heterocycles. The smallest absolute Gasteiger partial charge is 0.408 e. The Morgan fingerprint density at radius 1 is 0.800 bits per heavy atom. The molecule has 6 amide bonds. The predicted molar refractivity (Wildman–Crippen MR) is 254 cm³/mol. The van der Waals surface area contributed by atoms with Gasteiger partial charge in [0.05, 0.1) is 20.8 Å². The van der Waals surface area contributed by atoms with Crippen LogP contribution >= 0.6 is 0 Å². The van der Waals surface area contributed by atoms with E-state index in [1.165, 1.54) is 59.2 Å². The molecule has 4 bridgehead atoms. The fourth-order valence-electron chi connectivity index (χ4n) is 7.36. The Balaban J connectivity index is 1.37. The van der Waals surface area contributed by atoms with E-state index in [1.807, 2.05) is 6.07 Å². The molecule has 4 N–H and O–H groups in total. The molecule has 374 valence electrons. The molecule has 18 nitrogen and oxygen atoms in total. The van der Waals surface area contributed by atoms with Gasteiger partial charge in [0.15, 0.2) is 23.1 Å². The summed E-state index contributed by atoms with van der Waals surface area (Å²) >= 11 is 0. The number of nitrogens with zero attached hydrogens (tertiary/aromatic N) is 2. The molecule has 19 heteroatoms.